The van der Waals surface area contributed by atoms with Crippen molar-refractivity contribution in [3.63, 3.8) is 0 Å². The van der Waals surface area contributed by atoms with Crippen molar-refractivity contribution in [2.24, 2.45) is 0 Å². The van der Waals surface area contributed by atoms with E-state index in [1.54, 1.807) is 4.90 Å². The first kappa shape index (κ1) is 19.6. The molecule has 0 aliphatic carbocycles. The Labute approximate surface area is 165 Å². The van der Waals surface area contributed by atoms with Crippen LogP contribution in [0.1, 0.15) is 11.1 Å². The van der Waals surface area contributed by atoms with Crippen molar-refractivity contribution in [2.45, 2.75) is 6.54 Å². The van der Waals surface area contributed by atoms with Gasteiger partial charge in [-0.15, -0.1) is 0 Å². The lowest BCUT2D eigenvalue weighted by Crippen LogP contribution is -2.38. The van der Waals surface area contributed by atoms with E-state index in [1.165, 1.54) is 6.21 Å². The van der Waals surface area contributed by atoms with Gasteiger partial charge in [0.1, 0.15) is 5.75 Å². The maximum absolute atomic E-state index is 12.8. The fourth-order valence-electron chi connectivity index (χ4n) is 3.12. The van der Waals surface area contributed by atoms with Crippen LogP contribution in [0.15, 0.2) is 66.7 Å². The molecule has 0 bridgehead atoms. The summed E-state index contributed by atoms with van der Waals surface area (Å²) in [6.07, 6.45) is 1.33. The second-order valence-electron chi connectivity index (χ2n) is 6.54. The quantitative estimate of drug-likeness (QED) is 0.563. The number of amides is 1. The zero-order valence-corrected chi connectivity index (χ0v) is 16.0. The molecule has 0 atom stereocenters. The normalized spacial score (nSPS) is 10.6. The monoisotopic (exact) mass is 375 g/mol. The smallest absolute Gasteiger partial charge is 0.260 e. The van der Waals surface area contributed by atoms with Crippen LogP contribution < -0.4 is 10.1 Å². The van der Waals surface area contributed by atoms with Crippen LogP contribution in [0.5, 0.6) is 5.75 Å². The standard InChI is InChI=1S/C23H25N3O2/c1-25-13-14-26(16-18-7-3-2-4-8-18)23(27)17-28-22-12-11-19(15-24)20-9-5-6-10-21(20)22/h2-12,15,24-25H,13-14,16-17H2,1H3. The van der Waals surface area contributed by atoms with Gasteiger partial charge >= 0.3 is 0 Å². The van der Waals surface area contributed by atoms with Crippen LogP contribution in [0.2, 0.25) is 0 Å². The number of rotatable bonds is 9. The number of likely N-dealkylation sites (N-methyl/N-ethyl adjacent to an activating group) is 1. The van der Waals surface area contributed by atoms with Gasteiger partial charge in [0.05, 0.1) is 0 Å². The van der Waals surface area contributed by atoms with Crippen LogP contribution in [0.4, 0.5) is 0 Å². The number of ether oxygens (including phenoxy) is 1. The summed E-state index contributed by atoms with van der Waals surface area (Å²) < 4.78 is 5.89. The Bertz CT molecular complexity index is 941. The molecule has 144 valence electrons. The van der Waals surface area contributed by atoms with Crippen molar-refractivity contribution in [3.8, 4) is 5.75 Å². The van der Waals surface area contributed by atoms with Crippen molar-refractivity contribution in [1.29, 1.82) is 5.41 Å². The van der Waals surface area contributed by atoms with Crippen LogP contribution in [-0.4, -0.2) is 43.8 Å². The minimum atomic E-state index is -0.0562. The molecule has 0 unspecified atom stereocenters. The molecule has 3 rings (SSSR count). The molecule has 1 amide bonds. The van der Waals surface area contributed by atoms with Gasteiger partial charge < -0.3 is 20.4 Å². The Hall–Kier alpha value is -3.18. The molecule has 0 spiro atoms. The molecule has 0 aliphatic heterocycles. The number of fused-ring (bicyclic) bond motifs is 1. The first-order valence-corrected chi connectivity index (χ1v) is 9.34. The summed E-state index contributed by atoms with van der Waals surface area (Å²) in [5, 5.41) is 12.5. The summed E-state index contributed by atoms with van der Waals surface area (Å²) in [5.74, 6) is 0.599. The van der Waals surface area contributed by atoms with Crippen LogP contribution in [0.3, 0.4) is 0 Å². The number of hydrogen-bond donors (Lipinski definition) is 2. The summed E-state index contributed by atoms with van der Waals surface area (Å²) in [7, 11) is 1.87. The Morgan fingerprint density at radius 1 is 1.04 bits per heavy atom. The molecular weight excluding hydrogens is 350 g/mol. The van der Waals surface area contributed by atoms with Gasteiger partial charge in [-0.1, -0.05) is 54.6 Å². The highest BCUT2D eigenvalue weighted by molar-refractivity contribution is 6.01. The van der Waals surface area contributed by atoms with Crippen molar-refractivity contribution in [3.05, 3.63) is 77.9 Å². The summed E-state index contributed by atoms with van der Waals surface area (Å²) in [5.41, 5.74) is 1.92. The minimum absolute atomic E-state index is 0.0233. The van der Waals surface area contributed by atoms with Gasteiger partial charge in [0.15, 0.2) is 6.61 Å². The van der Waals surface area contributed by atoms with Crippen molar-refractivity contribution >= 4 is 22.9 Å². The van der Waals surface area contributed by atoms with E-state index in [0.29, 0.717) is 18.8 Å². The van der Waals surface area contributed by atoms with Crippen molar-refractivity contribution in [1.82, 2.24) is 10.2 Å². The lowest BCUT2D eigenvalue weighted by Gasteiger charge is -2.23. The Balaban J connectivity index is 1.73. The van der Waals surface area contributed by atoms with E-state index in [-0.39, 0.29) is 12.5 Å². The molecule has 2 N–H and O–H groups in total. The largest absolute Gasteiger partial charge is 0.483 e. The van der Waals surface area contributed by atoms with E-state index in [2.05, 4.69) is 5.32 Å². The summed E-state index contributed by atoms with van der Waals surface area (Å²) in [6.45, 7) is 1.86. The van der Waals surface area contributed by atoms with E-state index in [4.69, 9.17) is 10.1 Å². The second kappa shape index (κ2) is 9.67. The van der Waals surface area contributed by atoms with Gasteiger partial charge in [-0.05, 0) is 30.1 Å². The number of benzene rings is 3. The molecule has 0 saturated carbocycles. The molecule has 0 saturated heterocycles. The topological polar surface area (TPSA) is 65.4 Å². The highest BCUT2D eigenvalue weighted by atomic mass is 16.5. The molecule has 0 aliphatic rings. The molecule has 0 radical (unpaired) electrons. The molecule has 0 fully saturated rings. The second-order valence-corrected chi connectivity index (χ2v) is 6.54. The highest BCUT2D eigenvalue weighted by Crippen LogP contribution is 2.27. The maximum Gasteiger partial charge on any atom is 0.260 e. The molecule has 28 heavy (non-hydrogen) atoms. The van der Waals surface area contributed by atoms with Crippen LogP contribution in [0, 0.1) is 5.41 Å². The van der Waals surface area contributed by atoms with Gasteiger partial charge in [-0.3, -0.25) is 4.79 Å². The summed E-state index contributed by atoms with van der Waals surface area (Å²) in [6, 6.07) is 21.4. The number of nitrogens with one attached hydrogen (secondary N) is 2. The Morgan fingerprint density at radius 3 is 2.46 bits per heavy atom. The van der Waals surface area contributed by atoms with Gasteiger partial charge in [0, 0.05) is 36.8 Å². The molecule has 3 aromatic carbocycles. The minimum Gasteiger partial charge on any atom is -0.483 e. The van der Waals surface area contributed by atoms with E-state index < -0.39 is 0 Å². The van der Waals surface area contributed by atoms with Crippen LogP contribution in [-0.2, 0) is 11.3 Å². The molecule has 3 aromatic rings. The third kappa shape index (κ3) is 4.75. The number of hydrogen-bond acceptors (Lipinski definition) is 4. The number of carbonyl (C=O) groups is 1. The number of nitrogens with zero attached hydrogens (tertiary/aromatic N) is 1. The molecule has 5 heteroatoms. The van der Waals surface area contributed by atoms with Crippen molar-refractivity contribution < 1.29 is 9.53 Å². The van der Waals surface area contributed by atoms with Crippen LogP contribution >= 0.6 is 0 Å². The fraction of sp³-hybridized carbons (Fsp3) is 0.217. The van der Waals surface area contributed by atoms with Gasteiger partial charge in [-0.2, -0.15) is 0 Å². The molecule has 0 aromatic heterocycles. The first-order valence-electron chi connectivity index (χ1n) is 9.34. The molecule has 5 nitrogen and oxygen atoms in total. The predicted octanol–water partition coefficient (Wildman–Crippen LogP) is 3.46. The SMILES string of the molecule is CNCCN(Cc1ccccc1)C(=O)COc1ccc(C=N)c2ccccc12. The van der Waals surface area contributed by atoms with E-state index >= 15 is 0 Å². The third-order valence-electron chi connectivity index (χ3n) is 4.63. The lowest BCUT2D eigenvalue weighted by molar-refractivity contribution is -0.133. The molecular formula is C23H25N3O2. The molecule has 0 heterocycles. The Morgan fingerprint density at radius 2 is 1.75 bits per heavy atom. The van der Waals surface area contributed by atoms with Gasteiger partial charge in [0.25, 0.3) is 5.91 Å². The Kier molecular flexibility index (Phi) is 6.76. The van der Waals surface area contributed by atoms with Crippen molar-refractivity contribution in [2.75, 3.05) is 26.7 Å². The highest BCUT2D eigenvalue weighted by Gasteiger charge is 2.15. The zero-order valence-electron chi connectivity index (χ0n) is 16.0. The maximum atomic E-state index is 12.8. The van der Waals surface area contributed by atoms with E-state index in [9.17, 15) is 4.79 Å². The fourth-order valence-corrected chi connectivity index (χ4v) is 3.12. The lowest BCUT2D eigenvalue weighted by atomic mass is 10.0. The van der Waals surface area contributed by atoms with Gasteiger partial charge in [-0.25, -0.2) is 0 Å². The van der Waals surface area contributed by atoms with Gasteiger partial charge in [0.2, 0.25) is 0 Å². The summed E-state index contributed by atoms with van der Waals surface area (Å²) >= 11 is 0. The summed E-state index contributed by atoms with van der Waals surface area (Å²) in [4.78, 5) is 14.6. The zero-order chi connectivity index (χ0) is 19.8. The average molecular weight is 375 g/mol. The van der Waals surface area contributed by atoms with Crippen LogP contribution in [0.25, 0.3) is 10.8 Å². The van der Waals surface area contributed by atoms with E-state index in [1.807, 2.05) is 73.8 Å². The average Bonchev–Trinajstić information content (AvgIpc) is 2.75. The number of carbonyl (C=O) groups excluding carboxylic acids is 1. The predicted molar refractivity (Wildman–Crippen MR) is 113 cm³/mol. The first-order chi connectivity index (χ1) is 13.7. The third-order valence-corrected chi connectivity index (χ3v) is 4.63. The van der Waals surface area contributed by atoms with E-state index in [0.717, 1.165) is 28.4 Å².